The molecule has 21 heavy (non-hydrogen) atoms. The molecule has 0 spiro atoms. The smallest absolute Gasteiger partial charge is 0.227 e. The van der Waals surface area contributed by atoms with Crippen molar-refractivity contribution in [2.45, 2.75) is 53.1 Å². The fraction of sp³-hybridized carbons (Fsp3) is 0.611. The molecule has 0 bridgehead atoms. The number of aliphatic hydroxyl groups is 1. The highest BCUT2D eigenvalue weighted by atomic mass is 16.3. The van der Waals surface area contributed by atoms with Crippen molar-refractivity contribution in [3.05, 3.63) is 29.8 Å². The molecule has 2 N–H and O–H groups in total. The maximum absolute atomic E-state index is 12.4. The second-order valence-electron chi connectivity index (χ2n) is 7.22. The molecule has 0 atom stereocenters. The van der Waals surface area contributed by atoms with Crippen molar-refractivity contribution < 1.29 is 9.90 Å². The SMILES string of the molecule is CC(C)(C)C1CCC(C(=O)Nc2ccccc2CO)CC1. The van der Waals surface area contributed by atoms with Crippen molar-refractivity contribution in [1.82, 2.24) is 0 Å². The monoisotopic (exact) mass is 289 g/mol. The summed E-state index contributed by atoms with van der Waals surface area (Å²) < 4.78 is 0. The number of rotatable bonds is 3. The zero-order valence-corrected chi connectivity index (χ0v) is 13.4. The van der Waals surface area contributed by atoms with Crippen molar-refractivity contribution in [2.75, 3.05) is 5.32 Å². The minimum Gasteiger partial charge on any atom is -0.392 e. The number of anilines is 1. The first kappa shape index (κ1) is 16.0. The lowest BCUT2D eigenvalue weighted by Gasteiger charge is -2.36. The van der Waals surface area contributed by atoms with Crippen LogP contribution < -0.4 is 5.32 Å². The molecule has 1 aliphatic rings. The van der Waals surface area contributed by atoms with Gasteiger partial charge in [0, 0.05) is 17.2 Å². The fourth-order valence-corrected chi connectivity index (χ4v) is 3.24. The molecular weight excluding hydrogens is 262 g/mol. The summed E-state index contributed by atoms with van der Waals surface area (Å²) in [5, 5.41) is 12.3. The summed E-state index contributed by atoms with van der Waals surface area (Å²) in [4.78, 5) is 12.4. The molecule has 1 aliphatic carbocycles. The minimum atomic E-state index is -0.0484. The summed E-state index contributed by atoms with van der Waals surface area (Å²) in [6.07, 6.45) is 4.19. The summed E-state index contributed by atoms with van der Waals surface area (Å²) in [6.45, 7) is 6.81. The van der Waals surface area contributed by atoms with Crippen molar-refractivity contribution in [3.63, 3.8) is 0 Å². The van der Waals surface area contributed by atoms with E-state index in [9.17, 15) is 9.90 Å². The Hall–Kier alpha value is -1.35. The molecule has 0 heterocycles. The second kappa shape index (κ2) is 6.61. The first-order valence-electron chi connectivity index (χ1n) is 7.91. The van der Waals surface area contributed by atoms with Gasteiger partial charge in [-0.25, -0.2) is 0 Å². The Morgan fingerprint density at radius 3 is 2.38 bits per heavy atom. The van der Waals surface area contributed by atoms with Gasteiger partial charge in [0.05, 0.1) is 6.61 Å². The lowest BCUT2D eigenvalue weighted by Crippen LogP contribution is -2.31. The summed E-state index contributed by atoms with van der Waals surface area (Å²) in [5.74, 6) is 0.921. The van der Waals surface area contributed by atoms with Crippen LogP contribution in [-0.2, 0) is 11.4 Å². The molecule has 2 rings (SSSR count). The molecule has 0 aliphatic heterocycles. The lowest BCUT2D eigenvalue weighted by molar-refractivity contribution is -0.121. The van der Waals surface area contributed by atoms with E-state index in [1.807, 2.05) is 24.3 Å². The number of aliphatic hydroxyl groups excluding tert-OH is 1. The third kappa shape index (κ3) is 4.07. The fourth-order valence-electron chi connectivity index (χ4n) is 3.24. The van der Waals surface area contributed by atoms with E-state index in [1.165, 1.54) is 0 Å². The summed E-state index contributed by atoms with van der Waals surface area (Å²) in [5.41, 5.74) is 1.85. The number of benzene rings is 1. The number of carbonyl (C=O) groups excluding carboxylic acids is 1. The van der Waals surface area contributed by atoms with E-state index in [4.69, 9.17) is 0 Å². The van der Waals surface area contributed by atoms with Crippen molar-refractivity contribution in [1.29, 1.82) is 0 Å². The lowest BCUT2D eigenvalue weighted by atomic mass is 9.69. The van der Waals surface area contributed by atoms with Crippen molar-refractivity contribution >= 4 is 11.6 Å². The van der Waals surface area contributed by atoms with Crippen LogP contribution in [0.25, 0.3) is 0 Å². The molecule has 1 saturated carbocycles. The molecule has 1 fully saturated rings. The average molecular weight is 289 g/mol. The molecule has 3 nitrogen and oxygen atoms in total. The second-order valence-corrected chi connectivity index (χ2v) is 7.22. The van der Waals surface area contributed by atoms with E-state index >= 15 is 0 Å². The molecule has 116 valence electrons. The highest BCUT2D eigenvalue weighted by Crippen LogP contribution is 2.40. The van der Waals surface area contributed by atoms with E-state index in [2.05, 4.69) is 26.1 Å². The highest BCUT2D eigenvalue weighted by molar-refractivity contribution is 5.93. The van der Waals surface area contributed by atoms with Gasteiger partial charge in [0.25, 0.3) is 0 Å². The largest absolute Gasteiger partial charge is 0.392 e. The van der Waals surface area contributed by atoms with Crippen LogP contribution in [-0.4, -0.2) is 11.0 Å². The van der Waals surface area contributed by atoms with Gasteiger partial charge in [0.2, 0.25) is 5.91 Å². The maximum atomic E-state index is 12.4. The quantitative estimate of drug-likeness (QED) is 0.884. The van der Waals surface area contributed by atoms with E-state index in [-0.39, 0.29) is 18.4 Å². The Bertz CT molecular complexity index is 482. The third-order valence-electron chi connectivity index (χ3n) is 4.77. The van der Waals surface area contributed by atoms with Gasteiger partial charge in [-0.15, -0.1) is 0 Å². The Morgan fingerprint density at radius 1 is 1.19 bits per heavy atom. The van der Waals surface area contributed by atoms with E-state index in [0.717, 1.165) is 36.9 Å². The van der Waals surface area contributed by atoms with Gasteiger partial charge in [-0.2, -0.15) is 0 Å². The van der Waals surface area contributed by atoms with Gasteiger partial charge in [-0.05, 0) is 43.1 Å². The van der Waals surface area contributed by atoms with Crippen LogP contribution in [0.2, 0.25) is 0 Å². The number of amides is 1. The predicted octanol–water partition coefficient (Wildman–Crippen LogP) is 3.97. The van der Waals surface area contributed by atoms with Gasteiger partial charge in [0.1, 0.15) is 0 Å². The van der Waals surface area contributed by atoms with Crippen LogP contribution in [0.3, 0.4) is 0 Å². The first-order valence-corrected chi connectivity index (χ1v) is 7.91. The maximum Gasteiger partial charge on any atom is 0.227 e. The Kier molecular flexibility index (Phi) is 5.04. The third-order valence-corrected chi connectivity index (χ3v) is 4.77. The van der Waals surface area contributed by atoms with E-state index < -0.39 is 0 Å². The van der Waals surface area contributed by atoms with Crippen molar-refractivity contribution in [3.8, 4) is 0 Å². The van der Waals surface area contributed by atoms with Crippen LogP contribution in [0.4, 0.5) is 5.69 Å². The van der Waals surface area contributed by atoms with Crippen molar-refractivity contribution in [2.24, 2.45) is 17.3 Å². The molecule has 0 saturated heterocycles. The first-order chi connectivity index (χ1) is 9.91. The molecule has 3 heteroatoms. The van der Waals surface area contributed by atoms with Crippen LogP contribution in [0.1, 0.15) is 52.0 Å². The highest BCUT2D eigenvalue weighted by Gasteiger charge is 2.32. The molecule has 1 aromatic rings. The predicted molar refractivity (Wildman–Crippen MR) is 85.9 cm³/mol. The number of hydrogen-bond donors (Lipinski definition) is 2. The number of para-hydroxylation sites is 1. The summed E-state index contributed by atoms with van der Waals surface area (Å²) in [6, 6.07) is 7.44. The number of carbonyl (C=O) groups is 1. The van der Waals surface area contributed by atoms with Gasteiger partial charge < -0.3 is 10.4 Å². The standard InChI is InChI=1S/C18H27NO2/c1-18(2,3)15-10-8-13(9-11-15)17(21)19-16-7-5-4-6-14(16)12-20/h4-7,13,15,20H,8-12H2,1-3H3,(H,19,21). The van der Waals surface area contributed by atoms with Crippen LogP contribution in [0, 0.1) is 17.3 Å². The zero-order chi connectivity index (χ0) is 15.5. The van der Waals surface area contributed by atoms with Gasteiger partial charge >= 0.3 is 0 Å². The van der Waals surface area contributed by atoms with Gasteiger partial charge in [-0.1, -0.05) is 39.0 Å². The Labute approximate surface area is 127 Å². The topological polar surface area (TPSA) is 49.3 Å². The Morgan fingerprint density at radius 2 is 1.81 bits per heavy atom. The molecular formula is C18H27NO2. The minimum absolute atomic E-state index is 0.0484. The molecule has 0 radical (unpaired) electrons. The van der Waals surface area contributed by atoms with Gasteiger partial charge in [-0.3, -0.25) is 4.79 Å². The number of nitrogens with one attached hydrogen (secondary N) is 1. The zero-order valence-electron chi connectivity index (χ0n) is 13.4. The average Bonchev–Trinajstić information content (AvgIpc) is 2.47. The molecule has 1 aromatic carbocycles. The molecule has 0 aromatic heterocycles. The summed E-state index contributed by atoms with van der Waals surface area (Å²) in [7, 11) is 0. The molecule has 0 unspecified atom stereocenters. The summed E-state index contributed by atoms with van der Waals surface area (Å²) >= 11 is 0. The van der Waals surface area contributed by atoms with Crippen LogP contribution in [0.15, 0.2) is 24.3 Å². The molecule has 1 amide bonds. The van der Waals surface area contributed by atoms with E-state index in [1.54, 1.807) is 0 Å². The normalized spacial score (nSPS) is 22.9. The van der Waals surface area contributed by atoms with Crippen LogP contribution in [0.5, 0.6) is 0 Å². The Balaban J connectivity index is 1.94. The van der Waals surface area contributed by atoms with Crippen LogP contribution >= 0.6 is 0 Å². The van der Waals surface area contributed by atoms with E-state index in [0.29, 0.717) is 11.3 Å². The van der Waals surface area contributed by atoms with Gasteiger partial charge in [0.15, 0.2) is 0 Å². The number of hydrogen-bond acceptors (Lipinski definition) is 2.